The van der Waals surface area contributed by atoms with Crippen LogP contribution in [0.15, 0.2) is 71.2 Å². The Bertz CT molecular complexity index is 896. The predicted molar refractivity (Wildman–Crippen MR) is 106 cm³/mol. The van der Waals surface area contributed by atoms with Gasteiger partial charge in [0.25, 0.3) is 0 Å². The van der Waals surface area contributed by atoms with E-state index in [2.05, 4.69) is 26.6 Å². The minimum absolute atomic E-state index is 0.139. The van der Waals surface area contributed by atoms with Crippen LogP contribution in [0.3, 0.4) is 0 Å². The number of thiocarbonyl (C=S) groups is 1. The number of halogens is 1. The van der Waals surface area contributed by atoms with Crippen LogP contribution in [0.2, 0.25) is 0 Å². The lowest BCUT2D eigenvalue weighted by molar-refractivity contribution is -0.119. The molecule has 0 aliphatic rings. The van der Waals surface area contributed by atoms with Crippen molar-refractivity contribution in [2.75, 3.05) is 5.32 Å². The zero-order valence-electron chi connectivity index (χ0n) is 12.8. The van der Waals surface area contributed by atoms with Crippen molar-refractivity contribution in [3.8, 4) is 0 Å². The number of nitrogens with one attached hydrogen (secondary N) is 2. The van der Waals surface area contributed by atoms with Gasteiger partial charge in [0, 0.05) is 15.5 Å². The number of carbonyl (C=O) groups excluding carboxylic acids is 1. The number of fused-ring (bicyclic) bond motifs is 1. The molecule has 0 saturated heterocycles. The summed E-state index contributed by atoms with van der Waals surface area (Å²) >= 11 is 8.81. The van der Waals surface area contributed by atoms with Gasteiger partial charge in [-0.1, -0.05) is 70.5 Å². The summed E-state index contributed by atoms with van der Waals surface area (Å²) in [6.45, 7) is 0. The Kier molecular flexibility index (Phi) is 5.23. The summed E-state index contributed by atoms with van der Waals surface area (Å²) in [6.07, 6.45) is 0.295. The van der Waals surface area contributed by atoms with Crippen molar-refractivity contribution >= 4 is 55.6 Å². The first-order valence-corrected chi connectivity index (χ1v) is 8.65. The molecule has 0 atom stereocenters. The highest BCUT2D eigenvalue weighted by Gasteiger charge is 2.08. The van der Waals surface area contributed by atoms with Crippen LogP contribution in [0.1, 0.15) is 5.56 Å². The molecule has 3 aromatic carbocycles. The highest BCUT2D eigenvalue weighted by atomic mass is 79.9. The number of amides is 1. The Morgan fingerprint density at radius 3 is 2.33 bits per heavy atom. The lowest BCUT2D eigenvalue weighted by atomic mass is 10.1. The second-order valence-corrected chi connectivity index (χ2v) is 6.57. The molecule has 3 rings (SSSR count). The zero-order chi connectivity index (χ0) is 16.9. The van der Waals surface area contributed by atoms with Crippen molar-refractivity contribution in [3.63, 3.8) is 0 Å². The molecule has 0 bridgehead atoms. The Balaban J connectivity index is 1.69. The van der Waals surface area contributed by atoms with E-state index in [4.69, 9.17) is 12.2 Å². The molecular weight excluding hydrogens is 384 g/mol. The smallest absolute Gasteiger partial charge is 0.230 e. The molecule has 0 aliphatic carbocycles. The Morgan fingerprint density at radius 2 is 1.58 bits per heavy atom. The average molecular weight is 399 g/mol. The Morgan fingerprint density at radius 1 is 0.917 bits per heavy atom. The summed E-state index contributed by atoms with van der Waals surface area (Å²) in [5.74, 6) is -0.139. The van der Waals surface area contributed by atoms with Crippen LogP contribution >= 0.6 is 28.1 Å². The first-order chi connectivity index (χ1) is 11.6. The van der Waals surface area contributed by atoms with Gasteiger partial charge < -0.3 is 10.6 Å². The van der Waals surface area contributed by atoms with Gasteiger partial charge in [-0.05, 0) is 35.3 Å². The van der Waals surface area contributed by atoms with E-state index in [0.717, 1.165) is 26.5 Å². The first kappa shape index (κ1) is 16.6. The van der Waals surface area contributed by atoms with E-state index >= 15 is 0 Å². The van der Waals surface area contributed by atoms with E-state index in [1.54, 1.807) is 0 Å². The van der Waals surface area contributed by atoms with Crippen LogP contribution in [-0.4, -0.2) is 11.0 Å². The van der Waals surface area contributed by atoms with Crippen LogP contribution in [0.4, 0.5) is 5.69 Å². The van der Waals surface area contributed by atoms with Gasteiger partial charge >= 0.3 is 0 Å². The molecule has 24 heavy (non-hydrogen) atoms. The second-order valence-electron chi connectivity index (χ2n) is 5.31. The number of carbonyl (C=O) groups is 1. The lowest BCUT2D eigenvalue weighted by Crippen LogP contribution is -2.35. The van der Waals surface area contributed by atoms with Crippen molar-refractivity contribution in [2.24, 2.45) is 0 Å². The summed E-state index contributed by atoms with van der Waals surface area (Å²) < 4.78 is 1.02. The maximum atomic E-state index is 12.1. The molecule has 0 fully saturated rings. The fourth-order valence-electron chi connectivity index (χ4n) is 2.48. The number of hydrogen-bond donors (Lipinski definition) is 2. The van der Waals surface area contributed by atoms with Crippen LogP contribution in [0.25, 0.3) is 10.8 Å². The largest absolute Gasteiger partial charge is 0.332 e. The highest BCUT2D eigenvalue weighted by molar-refractivity contribution is 9.10. The first-order valence-electron chi connectivity index (χ1n) is 7.45. The topological polar surface area (TPSA) is 41.1 Å². The normalized spacial score (nSPS) is 10.4. The third-order valence-electron chi connectivity index (χ3n) is 3.58. The van der Waals surface area contributed by atoms with Gasteiger partial charge in [-0.15, -0.1) is 0 Å². The summed E-state index contributed by atoms with van der Waals surface area (Å²) in [5, 5.41) is 8.25. The van der Waals surface area contributed by atoms with Crippen LogP contribution in [0, 0.1) is 0 Å². The van der Waals surface area contributed by atoms with Crippen LogP contribution in [-0.2, 0) is 11.2 Å². The molecule has 0 spiro atoms. The van der Waals surface area contributed by atoms with E-state index in [9.17, 15) is 4.79 Å². The van der Waals surface area contributed by atoms with Crippen molar-refractivity contribution < 1.29 is 4.79 Å². The van der Waals surface area contributed by atoms with E-state index in [1.165, 1.54) is 0 Å². The van der Waals surface area contributed by atoms with Crippen LogP contribution < -0.4 is 10.6 Å². The Hall–Kier alpha value is -2.24. The van der Waals surface area contributed by atoms with Crippen molar-refractivity contribution in [1.82, 2.24) is 5.32 Å². The maximum absolute atomic E-state index is 12.1. The van der Waals surface area contributed by atoms with Crippen molar-refractivity contribution in [1.29, 1.82) is 0 Å². The number of benzene rings is 3. The summed E-state index contributed by atoms with van der Waals surface area (Å²) in [6, 6.07) is 21.5. The quantitative estimate of drug-likeness (QED) is 0.630. The van der Waals surface area contributed by atoms with Crippen molar-refractivity contribution in [2.45, 2.75) is 6.42 Å². The van der Waals surface area contributed by atoms with Gasteiger partial charge in [0.05, 0.1) is 6.42 Å². The van der Waals surface area contributed by atoms with E-state index in [-0.39, 0.29) is 5.91 Å². The minimum atomic E-state index is -0.139. The van der Waals surface area contributed by atoms with Gasteiger partial charge in [-0.3, -0.25) is 4.79 Å². The molecule has 0 unspecified atom stereocenters. The summed E-state index contributed by atoms with van der Waals surface area (Å²) in [5.41, 5.74) is 1.81. The molecule has 0 heterocycles. The predicted octanol–water partition coefficient (Wildman–Crippen LogP) is 4.66. The summed E-state index contributed by atoms with van der Waals surface area (Å²) in [7, 11) is 0. The highest BCUT2D eigenvalue weighted by Crippen LogP contribution is 2.29. The van der Waals surface area contributed by atoms with Gasteiger partial charge in [0.1, 0.15) is 0 Å². The number of anilines is 1. The molecule has 0 saturated carbocycles. The average Bonchev–Trinajstić information content (AvgIpc) is 2.58. The van der Waals surface area contributed by atoms with E-state index in [0.29, 0.717) is 11.5 Å². The molecule has 120 valence electrons. The van der Waals surface area contributed by atoms with Gasteiger partial charge in [-0.25, -0.2) is 0 Å². The SMILES string of the molecule is O=C(Cc1ccccc1)NC(=S)Nc1ccc(Br)c2ccccc12. The molecule has 0 aromatic heterocycles. The molecule has 1 amide bonds. The minimum Gasteiger partial charge on any atom is -0.332 e. The molecular formula is C19H15BrN2OS. The molecule has 0 radical (unpaired) electrons. The van der Waals surface area contributed by atoms with E-state index < -0.39 is 0 Å². The Labute approximate surface area is 154 Å². The summed E-state index contributed by atoms with van der Waals surface area (Å²) in [4.78, 5) is 12.1. The fourth-order valence-corrected chi connectivity index (χ4v) is 3.18. The molecule has 2 N–H and O–H groups in total. The third kappa shape index (κ3) is 3.99. The molecule has 0 aliphatic heterocycles. The molecule has 5 heteroatoms. The molecule has 3 aromatic rings. The second kappa shape index (κ2) is 7.55. The van der Waals surface area contributed by atoms with Gasteiger partial charge in [0.2, 0.25) is 5.91 Å². The number of hydrogen-bond acceptors (Lipinski definition) is 2. The third-order valence-corrected chi connectivity index (χ3v) is 4.48. The van der Waals surface area contributed by atoms with Crippen molar-refractivity contribution in [3.05, 3.63) is 76.8 Å². The van der Waals surface area contributed by atoms with E-state index in [1.807, 2.05) is 66.7 Å². The standard InChI is InChI=1S/C19H15BrN2OS/c20-16-10-11-17(15-9-5-4-8-14(15)16)21-19(24)22-18(23)12-13-6-2-1-3-7-13/h1-11H,12H2,(H2,21,22,23,24). The van der Waals surface area contributed by atoms with Gasteiger partial charge in [0.15, 0.2) is 5.11 Å². The van der Waals surface area contributed by atoms with Gasteiger partial charge in [-0.2, -0.15) is 0 Å². The van der Waals surface area contributed by atoms with Crippen LogP contribution in [0.5, 0.6) is 0 Å². The fraction of sp³-hybridized carbons (Fsp3) is 0.0526. The maximum Gasteiger partial charge on any atom is 0.230 e. The molecule has 3 nitrogen and oxygen atoms in total. The monoisotopic (exact) mass is 398 g/mol. The zero-order valence-corrected chi connectivity index (χ0v) is 15.2. The number of rotatable bonds is 3. The lowest BCUT2D eigenvalue weighted by Gasteiger charge is -2.12.